The molecule has 0 amide bonds. The Morgan fingerprint density at radius 3 is 2.75 bits per heavy atom. The molecule has 2 nitrogen and oxygen atoms in total. The highest BCUT2D eigenvalue weighted by atomic mass is 32.1. The molecule has 0 aliphatic heterocycles. The molecule has 0 N–H and O–H groups in total. The fourth-order valence-electron chi connectivity index (χ4n) is 2.17. The Bertz CT molecular complexity index is 716. The van der Waals surface area contributed by atoms with Crippen LogP contribution in [0.25, 0.3) is 10.1 Å². The van der Waals surface area contributed by atoms with Crippen molar-refractivity contribution in [1.82, 2.24) is 5.01 Å². The Labute approximate surface area is 123 Å². The van der Waals surface area contributed by atoms with Gasteiger partial charge in [0.2, 0.25) is 0 Å². The molecule has 0 spiro atoms. The fourth-order valence-corrected chi connectivity index (χ4v) is 3.08. The van der Waals surface area contributed by atoms with Crippen LogP contribution in [0.1, 0.15) is 11.1 Å². The van der Waals surface area contributed by atoms with Gasteiger partial charge >= 0.3 is 0 Å². The van der Waals surface area contributed by atoms with Crippen LogP contribution < -0.4 is 0 Å². The summed E-state index contributed by atoms with van der Waals surface area (Å²) in [6.07, 6.45) is 1.90. The highest BCUT2D eigenvalue weighted by molar-refractivity contribution is 7.17. The summed E-state index contributed by atoms with van der Waals surface area (Å²) in [5, 5.41) is 9.92. The summed E-state index contributed by atoms with van der Waals surface area (Å²) >= 11 is 1.79. The van der Waals surface area contributed by atoms with Crippen LogP contribution in [0.3, 0.4) is 0 Å². The number of rotatable bonds is 4. The van der Waals surface area contributed by atoms with Gasteiger partial charge in [0.05, 0.1) is 12.8 Å². The number of nitrogens with zero attached hydrogens (tertiary/aromatic N) is 2. The first-order valence-electron chi connectivity index (χ1n) is 6.58. The smallest absolute Gasteiger partial charge is 0.0621 e. The van der Waals surface area contributed by atoms with E-state index in [4.69, 9.17) is 0 Å². The normalized spacial score (nSPS) is 11.2. The van der Waals surface area contributed by atoms with Gasteiger partial charge in [-0.2, -0.15) is 5.10 Å². The molecule has 3 heteroatoms. The molecule has 2 aromatic carbocycles. The van der Waals surface area contributed by atoms with Crippen molar-refractivity contribution in [3.05, 3.63) is 71.1 Å². The Kier molecular flexibility index (Phi) is 3.79. The van der Waals surface area contributed by atoms with Gasteiger partial charge in [-0.05, 0) is 28.0 Å². The summed E-state index contributed by atoms with van der Waals surface area (Å²) in [5.41, 5.74) is 2.44. The highest BCUT2D eigenvalue weighted by Crippen LogP contribution is 2.25. The SMILES string of the molecule is CN(Cc1cccc2ccsc12)/N=C\c1ccccc1. The van der Waals surface area contributed by atoms with Crippen molar-refractivity contribution in [1.29, 1.82) is 0 Å². The second-order valence-corrected chi connectivity index (χ2v) is 5.64. The highest BCUT2D eigenvalue weighted by Gasteiger charge is 2.03. The van der Waals surface area contributed by atoms with E-state index >= 15 is 0 Å². The maximum absolute atomic E-state index is 4.49. The van der Waals surface area contributed by atoms with E-state index in [0.717, 1.165) is 12.1 Å². The van der Waals surface area contributed by atoms with E-state index in [1.165, 1.54) is 15.6 Å². The van der Waals surface area contributed by atoms with E-state index in [2.05, 4.69) is 46.9 Å². The van der Waals surface area contributed by atoms with Crippen LogP contribution in [0.5, 0.6) is 0 Å². The molecule has 3 aromatic rings. The number of benzene rings is 2. The second-order valence-electron chi connectivity index (χ2n) is 4.73. The third kappa shape index (κ3) is 2.89. The average molecular weight is 280 g/mol. The lowest BCUT2D eigenvalue weighted by Crippen LogP contribution is -2.10. The maximum Gasteiger partial charge on any atom is 0.0621 e. The van der Waals surface area contributed by atoms with E-state index in [9.17, 15) is 0 Å². The topological polar surface area (TPSA) is 15.6 Å². The van der Waals surface area contributed by atoms with E-state index in [0.29, 0.717) is 0 Å². The number of hydrogen-bond acceptors (Lipinski definition) is 3. The van der Waals surface area contributed by atoms with Crippen molar-refractivity contribution < 1.29 is 0 Å². The summed E-state index contributed by atoms with van der Waals surface area (Å²) in [6, 6.07) is 18.8. The molecule has 0 atom stereocenters. The minimum Gasteiger partial charge on any atom is -0.296 e. The first-order valence-corrected chi connectivity index (χ1v) is 7.46. The summed E-state index contributed by atoms with van der Waals surface area (Å²) in [4.78, 5) is 0. The first-order chi connectivity index (χ1) is 9.83. The molecule has 0 unspecified atom stereocenters. The molecule has 3 rings (SSSR count). The van der Waals surface area contributed by atoms with Gasteiger partial charge in [0, 0.05) is 11.7 Å². The quantitative estimate of drug-likeness (QED) is 0.512. The summed E-state index contributed by atoms with van der Waals surface area (Å²) < 4.78 is 1.36. The van der Waals surface area contributed by atoms with Crippen LogP contribution in [-0.2, 0) is 6.54 Å². The summed E-state index contributed by atoms with van der Waals surface area (Å²) in [6.45, 7) is 0.821. The Balaban J connectivity index is 1.74. The molecular weight excluding hydrogens is 264 g/mol. The summed E-state index contributed by atoms with van der Waals surface area (Å²) in [5.74, 6) is 0. The predicted octanol–water partition coefficient (Wildman–Crippen LogP) is 4.37. The molecule has 1 heterocycles. The van der Waals surface area contributed by atoms with Gasteiger partial charge in [-0.25, -0.2) is 0 Å². The van der Waals surface area contributed by atoms with Crippen LogP contribution in [0.2, 0.25) is 0 Å². The summed E-state index contributed by atoms with van der Waals surface area (Å²) in [7, 11) is 2.01. The van der Waals surface area contributed by atoms with Crippen LogP contribution >= 0.6 is 11.3 Å². The molecule has 1 aromatic heterocycles. The number of fused-ring (bicyclic) bond motifs is 1. The van der Waals surface area contributed by atoms with Gasteiger partial charge in [0.15, 0.2) is 0 Å². The molecule has 0 saturated heterocycles. The lowest BCUT2D eigenvalue weighted by atomic mass is 10.1. The van der Waals surface area contributed by atoms with Gasteiger partial charge < -0.3 is 0 Å². The zero-order valence-corrected chi connectivity index (χ0v) is 12.2. The van der Waals surface area contributed by atoms with Crippen LogP contribution in [0.15, 0.2) is 65.1 Å². The minimum atomic E-state index is 0.821. The Hall–Kier alpha value is -2.13. The van der Waals surface area contributed by atoms with Crippen molar-refractivity contribution in [3.8, 4) is 0 Å². The number of thiophene rings is 1. The van der Waals surface area contributed by atoms with Crippen molar-refractivity contribution in [2.75, 3.05) is 7.05 Å². The molecule has 0 fully saturated rings. The standard InChI is InChI=1S/C17H16N2S/c1-19(18-12-14-6-3-2-4-7-14)13-16-9-5-8-15-10-11-20-17(15)16/h2-12H,13H2,1H3/b18-12-. The molecule has 20 heavy (non-hydrogen) atoms. The molecular formula is C17H16N2S. The molecule has 0 radical (unpaired) electrons. The largest absolute Gasteiger partial charge is 0.296 e. The van der Waals surface area contributed by atoms with Crippen LogP contribution in [0, 0.1) is 0 Å². The number of hydrogen-bond donors (Lipinski definition) is 0. The van der Waals surface area contributed by atoms with Gasteiger partial charge in [-0.3, -0.25) is 5.01 Å². The van der Waals surface area contributed by atoms with E-state index < -0.39 is 0 Å². The van der Waals surface area contributed by atoms with Gasteiger partial charge in [-0.1, -0.05) is 48.5 Å². The minimum absolute atomic E-state index is 0.821. The third-order valence-electron chi connectivity index (χ3n) is 3.16. The molecule has 0 bridgehead atoms. The van der Waals surface area contributed by atoms with E-state index in [1.54, 1.807) is 11.3 Å². The van der Waals surface area contributed by atoms with Gasteiger partial charge in [0.25, 0.3) is 0 Å². The second kappa shape index (κ2) is 5.88. The van der Waals surface area contributed by atoms with E-state index in [1.807, 2.05) is 36.5 Å². The average Bonchev–Trinajstić information content (AvgIpc) is 2.96. The first kappa shape index (κ1) is 12.9. The molecule has 0 aliphatic carbocycles. The predicted molar refractivity (Wildman–Crippen MR) is 87.3 cm³/mol. The molecule has 0 saturated carbocycles. The zero-order valence-electron chi connectivity index (χ0n) is 11.4. The monoisotopic (exact) mass is 280 g/mol. The van der Waals surface area contributed by atoms with E-state index in [-0.39, 0.29) is 0 Å². The Morgan fingerprint density at radius 1 is 1.05 bits per heavy atom. The molecule has 0 aliphatic rings. The Morgan fingerprint density at radius 2 is 1.90 bits per heavy atom. The molecule has 100 valence electrons. The van der Waals surface area contributed by atoms with Crippen LogP contribution in [-0.4, -0.2) is 18.3 Å². The lowest BCUT2D eigenvalue weighted by Gasteiger charge is -2.13. The fraction of sp³-hybridized carbons (Fsp3) is 0.118. The van der Waals surface area contributed by atoms with Crippen molar-refractivity contribution >= 4 is 27.6 Å². The third-order valence-corrected chi connectivity index (χ3v) is 4.17. The van der Waals surface area contributed by atoms with Gasteiger partial charge in [0.1, 0.15) is 0 Å². The maximum atomic E-state index is 4.49. The lowest BCUT2D eigenvalue weighted by molar-refractivity contribution is 0.350. The van der Waals surface area contributed by atoms with Crippen molar-refractivity contribution in [3.63, 3.8) is 0 Å². The number of hydrazone groups is 1. The van der Waals surface area contributed by atoms with Crippen molar-refractivity contribution in [2.45, 2.75) is 6.54 Å². The zero-order chi connectivity index (χ0) is 13.8. The van der Waals surface area contributed by atoms with Crippen LogP contribution in [0.4, 0.5) is 0 Å². The van der Waals surface area contributed by atoms with Crippen molar-refractivity contribution in [2.24, 2.45) is 5.10 Å². The van der Waals surface area contributed by atoms with Gasteiger partial charge in [-0.15, -0.1) is 11.3 Å².